The van der Waals surface area contributed by atoms with E-state index in [0.717, 1.165) is 78.0 Å². The third kappa shape index (κ3) is 7.42. The van der Waals surface area contributed by atoms with Gasteiger partial charge in [-0.25, -0.2) is 4.98 Å². The van der Waals surface area contributed by atoms with Crippen LogP contribution >= 0.6 is 0 Å². The zero-order chi connectivity index (χ0) is 41.6. The van der Waals surface area contributed by atoms with Gasteiger partial charge in [0, 0.05) is 22.9 Å². The number of benzene rings is 7. The van der Waals surface area contributed by atoms with Gasteiger partial charge in [-0.15, -0.1) is 0 Å². The van der Waals surface area contributed by atoms with Gasteiger partial charge in [-0.05, 0) is 104 Å². The van der Waals surface area contributed by atoms with Crippen LogP contribution in [0.2, 0.25) is 0 Å². The first-order chi connectivity index (χ1) is 28.9. The van der Waals surface area contributed by atoms with Gasteiger partial charge in [0.2, 0.25) is 0 Å². The average molecular weight is 780 g/mol. The number of aromatic hydroxyl groups is 1. The molecular formula is C56H49N3O. The first kappa shape index (κ1) is 38.5. The van der Waals surface area contributed by atoms with E-state index in [0.29, 0.717) is 11.4 Å². The Hall–Kier alpha value is -7.04. The van der Waals surface area contributed by atoms with Crippen molar-refractivity contribution in [2.24, 2.45) is 0 Å². The molecule has 0 spiro atoms. The number of hydrogen-bond acceptors (Lipinski definition) is 3. The van der Waals surface area contributed by atoms with Crippen molar-refractivity contribution in [2.45, 2.75) is 52.4 Å². The second-order valence-corrected chi connectivity index (χ2v) is 17.7. The van der Waals surface area contributed by atoms with Crippen LogP contribution in [-0.2, 0) is 10.8 Å². The van der Waals surface area contributed by atoms with Gasteiger partial charge in [-0.2, -0.15) is 0 Å². The molecule has 2 heterocycles. The van der Waals surface area contributed by atoms with Gasteiger partial charge in [0.1, 0.15) is 11.6 Å². The topological polar surface area (TPSA) is 50.9 Å². The molecule has 0 saturated carbocycles. The summed E-state index contributed by atoms with van der Waals surface area (Å²) < 4.78 is 2.26. The molecule has 2 aromatic heterocycles. The highest BCUT2D eigenvalue weighted by atomic mass is 16.3. The summed E-state index contributed by atoms with van der Waals surface area (Å²) in [4.78, 5) is 10.5. The smallest absolute Gasteiger partial charge is 0.149 e. The third-order valence-electron chi connectivity index (χ3n) is 11.5. The highest BCUT2D eigenvalue weighted by molar-refractivity contribution is 5.98. The summed E-state index contributed by atoms with van der Waals surface area (Å²) in [5.41, 5.74) is 16.1. The van der Waals surface area contributed by atoms with Crippen molar-refractivity contribution in [1.82, 2.24) is 14.5 Å². The molecule has 0 saturated heterocycles. The highest BCUT2D eigenvalue weighted by Gasteiger charge is 2.25. The SMILES string of the molecule is CC(C)(C)c1cc(-c2cc(-c3ccccc3)ccn2)cc(-c2cccc3c2nc(-c2cc(C(C)(C)C)ccc2O)n3-c2cc(-c3ccccc3)ccc2-c2ccccc2)c1. The number of para-hydroxylation sites is 1. The number of hydrogen-bond donors (Lipinski definition) is 1. The molecule has 0 aliphatic carbocycles. The monoisotopic (exact) mass is 779 g/mol. The van der Waals surface area contributed by atoms with Crippen molar-refractivity contribution in [2.75, 3.05) is 0 Å². The number of imidazole rings is 1. The summed E-state index contributed by atoms with van der Waals surface area (Å²) in [7, 11) is 0. The lowest BCUT2D eigenvalue weighted by Gasteiger charge is -2.22. The van der Waals surface area contributed by atoms with Gasteiger partial charge in [0.15, 0.2) is 0 Å². The molecule has 60 heavy (non-hydrogen) atoms. The Balaban J connectivity index is 1.34. The lowest BCUT2D eigenvalue weighted by molar-refractivity contribution is 0.475. The number of phenolic OH excluding ortho intramolecular Hbond substituents is 1. The Kier molecular flexibility index (Phi) is 9.80. The Morgan fingerprint density at radius 3 is 1.70 bits per heavy atom. The zero-order valence-electron chi connectivity index (χ0n) is 35.1. The van der Waals surface area contributed by atoms with Crippen LogP contribution in [0.3, 0.4) is 0 Å². The van der Waals surface area contributed by atoms with Crippen LogP contribution in [0.1, 0.15) is 52.7 Å². The second-order valence-electron chi connectivity index (χ2n) is 17.7. The number of phenols is 1. The molecule has 0 aliphatic rings. The molecule has 4 nitrogen and oxygen atoms in total. The van der Waals surface area contributed by atoms with Crippen molar-refractivity contribution in [3.8, 4) is 78.6 Å². The summed E-state index contributed by atoms with van der Waals surface area (Å²) in [6, 6.07) is 61.7. The van der Waals surface area contributed by atoms with Crippen molar-refractivity contribution in [3.05, 3.63) is 193 Å². The predicted octanol–water partition coefficient (Wildman–Crippen LogP) is 14.7. The quantitative estimate of drug-likeness (QED) is 0.175. The van der Waals surface area contributed by atoms with Gasteiger partial charge in [0.25, 0.3) is 0 Å². The number of rotatable bonds is 7. The second kappa shape index (κ2) is 15.3. The number of fused-ring (bicyclic) bond motifs is 1. The maximum absolute atomic E-state index is 11.8. The van der Waals surface area contributed by atoms with E-state index in [9.17, 15) is 5.11 Å². The molecule has 0 unspecified atom stereocenters. The van der Waals surface area contributed by atoms with Crippen molar-refractivity contribution in [3.63, 3.8) is 0 Å². The fourth-order valence-electron chi connectivity index (χ4n) is 8.09. The van der Waals surface area contributed by atoms with Gasteiger partial charge < -0.3 is 5.11 Å². The number of pyridine rings is 1. The Bertz CT molecular complexity index is 2990. The molecule has 7 aromatic carbocycles. The fourth-order valence-corrected chi connectivity index (χ4v) is 8.09. The molecule has 4 heteroatoms. The third-order valence-corrected chi connectivity index (χ3v) is 11.5. The maximum Gasteiger partial charge on any atom is 0.149 e. The fraction of sp³-hybridized carbons (Fsp3) is 0.143. The normalized spacial score (nSPS) is 11.9. The summed E-state index contributed by atoms with van der Waals surface area (Å²) >= 11 is 0. The molecule has 294 valence electrons. The average Bonchev–Trinajstić information content (AvgIpc) is 3.66. The van der Waals surface area contributed by atoms with E-state index in [1.807, 2.05) is 30.5 Å². The van der Waals surface area contributed by atoms with Gasteiger partial charge >= 0.3 is 0 Å². The minimum absolute atomic E-state index is 0.137. The molecule has 0 aliphatic heterocycles. The molecule has 0 amide bonds. The van der Waals surface area contributed by atoms with E-state index >= 15 is 0 Å². The molecule has 0 radical (unpaired) electrons. The van der Waals surface area contributed by atoms with E-state index < -0.39 is 0 Å². The molecule has 0 bridgehead atoms. The van der Waals surface area contributed by atoms with Crippen LogP contribution in [0.5, 0.6) is 5.75 Å². The predicted molar refractivity (Wildman–Crippen MR) is 251 cm³/mol. The summed E-state index contributed by atoms with van der Waals surface area (Å²) in [6.07, 6.45) is 1.90. The van der Waals surface area contributed by atoms with Crippen molar-refractivity contribution < 1.29 is 5.11 Å². The van der Waals surface area contributed by atoms with Crippen LogP contribution < -0.4 is 0 Å². The lowest BCUT2D eigenvalue weighted by atomic mass is 9.83. The molecule has 0 atom stereocenters. The molecular weight excluding hydrogens is 731 g/mol. The van der Waals surface area contributed by atoms with Gasteiger partial charge in [-0.3, -0.25) is 9.55 Å². The number of nitrogens with zero attached hydrogens (tertiary/aromatic N) is 3. The Morgan fingerprint density at radius 2 is 1.05 bits per heavy atom. The van der Waals surface area contributed by atoms with E-state index in [1.165, 1.54) is 5.56 Å². The maximum atomic E-state index is 11.8. The van der Waals surface area contributed by atoms with Crippen molar-refractivity contribution in [1.29, 1.82) is 0 Å². The summed E-state index contributed by atoms with van der Waals surface area (Å²) in [5.74, 6) is 0.857. The first-order valence-electron chi connectivity index (χ1n) is 20.7. The molecule has 9 rings (SSSR count). The first-order valence-corrected chi connectivity index (χ1v) is 20.7. The largest absolute Gasteiger partial charge is 0.507 e. The van der Waals surface area contributed by atoms with Gasteiger partial charge in [0.05, 0.1) is 28.0 Å². The van der Waals surface area contributed by atoms with Crippen LogP contribution in [0.25, 0.3) is 83.9 Å². The molecule has 0 fully saturated rings. The minimum Gasteiger partial charge on any atom is -0.507 e. The van der Waals surface area contributed by atoms with Crippen LogP contribution in [0, 0.1) is 0 Å². The van der Waals surface area contributed by atoms with Crippen LogP contribution in [0.15, 0.2) is 182 Å². The van der Waals surface area contributed by atoms with E-state index in [-0.39, 0.29) is 16.6 Å². The summed E-state index contributed by atoms with van der Waals surface area (Å²) in [6.45, 7) is 13.4. The van der Waals surface area contributed by atoms with E-state index in [4.69, 9.17) is 9.97 Å². The van der Waals surface area contributed by atoms with Crippen LogP contribution in [0.4, 0.5) is 0 Å². The summed E-state index contributed by atoms with van der Waals surface area (Å²) in [5, 5.41) is 11.8. The Morgan fingerprint density at radius 1 is 0.433 bits per heavy atom. The lowest BCUT2D eigenvalue weighted by Crippen LogP contribution is -2.11. The van der Waals surface area contributed by atoms with Crippen molar-refractivity contribution >= 4 is 11.0 Å². The number of aromatic nitrogens is 3. The van der Waals surface area contributed by atoms with Gasteiger partial charge in [-0.1, -0.05) is 169 Å². The minimum atomic E-state index is -0.150. The van der Waals surface area contributed by atoms with E-state index in [1.54, 1.807) is 0 Å². The molecule has 9 aromatic rings. The zero-order valence-corrected chi connectivity index (χ0v) is 35.1. The molecule has 1 N–H and O–H groups in total. The Labute approximate surface area is 353 Å². The standard InChI is InChI=1S/C56H49N3O/c1-55(2,3)44-26-28-52(60)48(36-44)54-58-53-47(42-31-43(33-45(32-42)56(4,5)6)49-34-41(29-30-57-49)38-19-12-8-13-20-38)23-16-24-50(53)59(54)51-35-40(37-17-10-7-11-18-37)25-27-46(51)39-21-14-9-15-22-39/h7-36,60H,1-6H3. The van der Waals surface area contributed by atoms with Crippen LogP contribution in [-0.4, -0.2) is 19.6 Å². The van der Waals surface area contributed by atoms with E-state index in [2.05, 4.69) is 198 Å². The highest BCUT2D eigenvalue weighted by Crippen LogP contribution is 2.43.